The fraction of sp³-hybridized carbons (Fsp3) is 0.778. The number of hydroxylamine groups is 2. The highest BCUT2D eigenvalue weighted by Crippen LogP contribution is 1.98. The second kappa shape index (κ2) is 7.32. The molecule has 1 N–H and O–H groups in total. The van der Waals surface area contributed by atoms with Gasteiger partial charge in [-0.15, -0.1) is 5.06 Å². The van der Waals surface area contributed by atoms with E-state index in [1.165, 1.54) is 5.06 Å². The molecule has 82 valence electrons. The van der Waals surface area contributed by atoms with Gasteiger partial charge in [0.15, 0.2) is 0 Å². The Morgan fingerprint density at radius 3 is 2.07 bits per heavy atom. The van der Waals surface area contributed by atoms with E-state index in [0.717, 1.165) is 12.8 Å². The number of carbonyl (C=O) groups excluding carboxylic acids is 1. The van der Waals surface area contributed by atoms with Gasteiger partial charge in [0, 0.05) is 13.1 Å². The summed E-state index contributed by atoms with van der Waals surface area (Å²) < 4.78 is 0. The van der Waals surface area contributed by atoms with Gasteiger partial charge < -0.3 is 9.94 Å². The Bertz CT molecular complexity index is 187. The summed E-state index contributed by atoms with van der Waals surface area (Å²) in [6.45, 7) is 5.21. The van der Waals surface area contributed by atoms with Gasteiger partial charge in [-0.3, -0.25) is 4.79 Å². The standard InChI is InChI=1S/C9H17NO4/c1-3-5-10(6-4-2)14-9(13)7-8(11)12/h3-7H2,1-2H3,(H,11,12). The molecule has 0 saturated carbocycles. The first-order valence-electron chi connectivity index (χ1n) is 4.77. The molecule has 0 aliphatic rings. The van der Waals surface area contributed by atoms with Crippen molar-refractivity contribution in [3.8, 4) is 0 Å². The predicted molar refractivity (Wildman–Crippen MR) is 50.5 cm³/mol. The maximum atomic E-state index is 11.0. The van der Waals surface area contributed by atoms with E-state index in [9.17, 15) is 9.59 Å². The van der Waals surface area contributed by atoms with Crippen LogP contribution in [-0.2, 0) is 14.4 Å². The molecule has 0 saturated heterocycles. The molecule has 0 amide bonds. The van der Waals surface area contributed by atoms with Gasteiger partial charge in [-0.2, -0.15) is 0 Å². The van der Waals surface area contributed by atoms with Crippen LogP contribution in [0, 0.1) is 0 Å². The summed E-state index contributed by atoms with van der Waals surface area (Å²) in [5, 5.41) is 9.84. The lowest BCUT2D eigenvalue weighted by Gasteiger charge is -2.19. The van der Waals surface area contributed by atoms with Crippen LogP contribution in [0.4, 0.5) is 0 Å². The van der Waals surface area contributed by atoms with Gasteiger partial charge in [0.25, 0.3) is 0 Å². The SMILES string of the molecule is CCCN(CCC)OC(=O)CC(=O)O. The van der Waals surface area contributed by atoms with Crippen LogP contribution in [0.3, 0.4) is 0 Å². The van der Waals surface area contributed by atoms with E-state index in [1.54, 1.807) is 0 Å². The second-order valence-corrected chi connectivity index (χ2v) is 2.96. The third kappa shape index (κ3) is 6.42. The van der Waals surface area contributed by atoms with Gasteiger partial charge in [-0.25, -0.2) is 4.79 Å². The van der Waals surface area contributed by atoms with Crippen LogP contribution < -0.4 is 0 Å². The lowest BCUT2D eigenvalue weighted by molar-refractivity contribution is -0.192. The van der Waals surface area contributed by atoms with Crippen molar-refractivity contribution in [3.05, 3.63) is 0 Å². The zero-order chi connectivity index (χ0) is 11.0. The summed E-state index contributed by atoms with van der Waals surface area (Å²) in [5.74, 6) is -1.87. The van der Waals surface area contributed by atoms with E-state index < -0.39 is 18.4 Å². The van der Waals surface area contributed by atoms with Crippen molar-refractivity contribution in [1.82, 2.24) is 5.06 Å². The molecule has 5 nitrogen and oxygen atoms in total. The topological polar surface area (TPSA) is 66.8 Å². The summed E-state index contributed by atoms with van der Waals surface area (Å²) in [5.41, 5.74) is 0. The number of carboxylic acid groups (broad SMARTS) is 1. The Hall–Kier alpha value is -1.10. The Balaban J connectivity index is 3.88. The third-order valence-electron chi connectivity index (χ3n) is 1.47. The minimum atomic E-state index is -1.16. The zero-order valence-corrected chi connectivity index (χ0v) is 8.65. The van der Waals surface area contributed by atoms with E-state index in [1.807, 2.05) is 13.8 Å². The monoisotopic (exact) mass is 203 g/mol. The molecule has 0 rings (SSSR count). The highest BCUT2D eigenvalue weighted by atomic mass is 16.7. The normalized spacial score (nSPS) is 10.2. The molecule has 0 aromatic carbocycles. The van der Waals surface area contributed by atoms with Gasteiger partial charge in [0.2, 0.25) is 0 Å². The van der Waals surface area contributed by atoms with E-state index >= 15 is 0 Å². The molecule has 0 aliphatic heterocycles. The third-order valence-corrected chi connectivity index (χ3v) is 1.47. The van der Waals surface area contributed by atoms with Crippen molar-refractivity contribution in [2.75, 3.05) is 13.1 Å². The molecular formula is C9H17NO4. The summed E-state index contributed by atoms with van der Waals surface area (Å²) >= 11 is 0. The summed E-state index contributed by atoms with van der Waals surface area (Å²) in [4.78, 5) is 26.0. The minimum absolute atomic E-state index is 0.579. The van der Waals surface area contributed by atoms with Crippen LogP contribution in [0.5, 0.6) is 0 Å². The van der Waals surface area contributed by atoms with Crippen LogP contribution >= 0.6 is 0 Å². The fourth-order valence-electron chi connectivity index (χ4n) is 1.00. The first-order chi connectivity index (χ1) is 6.60. The van der Waals surface area contributed by atoms with Crippen molar-refractivity contribution in [2.45, 2.75) is 33.1 Å². The number of hydrogen-bond acceptors (Lipinski definition) is 4. The maximum Gasteiger partial charge on any atom is 0.336 e. The highest BCUT2D eigenvalue weighted by molar-refractivity contribution is 5.89. The number of aliphatic carboxylic acids is 1. The second-order valence-electron chi connectivity index (χ2n) is 2.96. The van der Waals surface area contributed by atoms with Gasteiger partial charge in [-0.1, -0.05) is 13.8 Å². The molecule has 0 bridgehead atoms. The number of rotatable bonds is 7. The number of hydrogen-bond donors (Lipinski definition) is 1. The lowest BCUT2D eigenvalue weighted by atomic mass is 10.4. The molecule has 0 aromatic rings. The molecule has 0 radical (unpaired) electrons. The van der Waals surface area contributed by atoms with Crippen LogP contribution in [0.25, 0.3) is 0 Å². The Kier molecular flexibility index (Phi) is 6.74. The van der Waals surface area contributed by atoms with Crippen molar-refractivity contribution in [1.29, 1.82) is 0 Å². The van der Waals surface area contributed by atoms with E-state index in [4.69, 9.17) is 9.94 Å². The molecule has 0 atom stereocenters. The Morgan fingerprint density at radius 1 is 1.21 bits per heavy atom. The van der Waals surface area contributed by atoms with Crippen molar-refractivity contribution in [2.24, 2.45) is 0 Å². The molecular weight excluding hydrogens is 186 g/mol. The van der Waals surface area contributed by atoms with E-state index in [2.05, 4.69) is 0 Å². The predicted octanol–water partition coefficient (Wildman–Crippen LogP) is 1.04. The van der Waals surface area contributed by atoms with Crippen molar-refractivity contribution >= 4 is 11.9 Å². The van der Waals surface area contributed by atoms with Gasteiger partial charge in [0.1, 0.15) is 6.42 Å². The van der Waals surface area contributed by atoms with Crippen LogP contribution in [0.15, 0.2) is 0 Å². The molecule has 0 aliphatic carbocycles. The number of carboxylic acids is 1. The summed E-state index contributed by atoms with van der Waals surface area (Å²) in [6, 6.07) is 0. The summed E-state index contributed by atoms with van der Waals surface area (Å²) in [6.07, 6.45) is 1.14. The Morgan fingerprint density at radius 2 is 1.71 bits per heavy atom. The molecule has 0 unspecified atom stereocenters. The maximum absolute atomic E-state index is 11.0. The molecule has 0 aromatic heterocycles. The molecule has 0 spiro atoms. The van der Waals surface area contributed by atoms with Crippen LogP contribution in [0.1, 0.15) is 33.1 Å². The smallest absolute Gasteiger partial charge is 0.336 e. The Labute approximate surface area is 83.6 Å². The average Bonchev–Trinajstić information content (AvgIpc) is 2.03. The first kappa shape index (κ1) is 12.9. The van der Waals surface area contributed by atoms with Gasteiger partial charge in [0.05, 0.1) is 0 Å². The summed E-state index contributed by atoms with van der Waals surface area (Å²) in [7, 11) is 0. The minimum Gasteiger partial charge on any atom is -0.481 e. The van der Waals surface area contributed by atoms with E-state index in [0.29, 0.717) is 13.1 Å². The largest absolute Gasteiger partial charge is 0.481 e. The zero-order valence-electron chi connectivity index (χ0n) is 8.65. The number of nitrogens with zero attached hydrogens (tertiary/aromatic N) is 1. The molecule has 0 heterocycles. The number of carbonyl (C=O) groups is 2. The first-order valence-corrected chi connectivity index (χ1v) is 4.77. The van der Waals surface area contributed by atoms with E-state index in [-0.39, 0.29) is 0 Å². The average molecular weight is 203 g/mol. The lowest BCUT2D eigenvalue weighted by Crippen LogP contribution is -2.29. The quantitative estimate of drug-likeness (QED) is 0.494. The van der Waals surface area contributed by atoms with Crippen LogP contribution in [0.2, 0.25) is 0 Å². The molecule has 0 fully saturated rings. The van der Waals surface area contributed by atoms with Crippen molar-refractivity contribution in [3.63, 3.8) is 0 Å². The van der Waals surface area contributed by atoms with Gasteiger partial charge in [-0.05, 0) is 12.8 Å². The fourth-order valence-corrected chi connectivity index (χ4v) is 1.00. The molecule has 14 heavy (non-hydrogen) atoms. The molecule has 5 heteroatoms. The highest BCUT2D eigenvalue weighted by Gasteiger charge is 2.13. The van der Waals surface area contributed by atoms with Gasteiger partial charge >= 0.3 is 11.9 Å². The van der Waals surface area contributed by atoms with Crippen LogP contribution in [-0.4, -0.2) is 35.2 Å². The van der Waals surface area contributed by atoms with Crippen molar-refractivity contribution < 1.29 is 19.5 Å².